The molecular weight excluding hydrogens is 572 g/mol. The second kappa shape index (κ2) is 13.8. The van der Waals surface area contributed by atoms with Crippen molar-refractivity contribution in [3.63, 3.8) is 0 Å². The van der Waals surface area contributed by atoms with Crippen LogP contribution in [0.4, 0.5) is 0 Å². The zero-order valence-corrected chi connectivity index (χ0v) is 26.7. The predicted molar refractivity (Wildman–Crippen MR) is 176 cm³/mol. The Morgan fingerprint density at radius 1 is 0.561 bits per heavy atom. The summed E-state index contributed by atoms with van der Waals surface area (Å²) in [5.74, 6) is 0. The van der Waals surface area contributed by atoms with E-state index < -0.39 is 0 Å². The van der Waals surface area contributed by atoms with E-state index in [-0.39, 0.29) is 0 Å². The van der Waals surface area contributed by atoms with Crippen LogP contribution in [0.25, 0.3) is 32.3 Å². The molecule has 0 aliphatic carbocycles. The summed E-state index contributed by atoms with van der Waals surface area (Å²) in [6, 6.07) is 49.9. The summed E-state index contributed by atoms with van der Waals surface area (Å²) in [7, 11) is 0. The molecule has 0 aliphatic heterocycles. The zero-order chi connectivity index (χ0) is 28.6. The van der Waals surface area contributed by atoms with E-state index in [2.05, 4.69) is 160 Å². The monoisotopic (exact) mass is 606 g/mol. The van der Waals surface area contributed by atoms with Gasteiger partial charge in [0.2, 0.25) is 0 Å². The van der Waals surface area contributed by atoms with Crippen LogP contribution in [-0.4, -0.2) is 3.21 Å². The quantitative estimate of drug-likeness (QED) is 0.175. The fourth-order valence-electron chi connectivity index (χ4n) is 5.24. The van der Waals surface area contributed by atoms with Crippen LogP contribution in [0.1, 0.15) is 41.7 Å². The SMILES string of the molecule is CCc1ccc2c(c1)[cH-]c1cc(CC)ccc12.Cc1c[cH-]c2ccccc12.[Zr+2]=[C](c1ccccc1)c1ccccc1. The van der Waals surface area contributed by atoms with Gasteiger partial charge in [0.05, 0.1) is 0 Å². The number of benzene rings is 5. The number of fused-ring (bicyclic) bond motifs is 4. The molecule has 41 heavy (non-hydrogen) atoms. The summed E-state index contributed by atoms with van der Waals surface area (Å²) in [6.07, 6.45) is 2.22. The Morgan fingerprint density at radius 3 is 1.54 bits per heavy atom. The van der Waals surface area contributed by atoms with Gasteiger partial charge in [0.15, 0.2) is 0 Å². The molecule has 0 radical (unpaired) electrons. The Morgan fingerprint density at radius 2 is 1.05 bits per heavy atom. The Balaban J connectivity index is 0.000000128. The fourth-order valence-corrected chi connectivity index (χ4v) is 6.06. The van der Waals surface area contributed by atoms with Gasteiger partial charge in [0, 0.05) is 0 Å². The maximum atomic E-state index is 2.32. The molecule has 0 spiro atoms. The molecule has 7 rings (SSSR count). The minimum atomic E-state index is 1.11. The van der Waals surface area contributed by atoms with Crippen molar-refractivity contribution in [3.05, 3.63) is 167 Å². The first-order valence-corrected chi connectivity index (χ1v) is 15.7. The van der Waals surface area contributed by atoms with E-state index >= 15 is 0 Å². The fraction of sp³-hybridized carbons (Fsp3) is 0.125. The van der Waals surface area contributed by atoms with Gasteiger partial charge >= 0.3 is 99.2 Å². The van der Waals surface area contributed by atoms with E-state index in [1.54, 1.807) is 0 Å². The third-order valence-corrected chi connectivity index (χ3v) is 9.09. The summed E-state index contributed by atoms with van der Waals surface area (Å²) >= 11 is 1.46. The van der Waals surface area contributed by atoms with Crippen molar-refractivity contribution in [1.29, 1.82) is 0 Å². The van der Waals surface area contributed by atoms with Crippen molar-refractivity contribution in [1.82, 2.24) is 0 Å². The molecule has 0 fully saturated rings. The first-order chi connectivity index (χ1) is 20.1. The van der Waals surface area contributed by atoms with Crippen molar-refractivity contribution in [2.75, 3.05) is 0 Å². The topological polar surface area (TPSA) is 0 Å². The molecule has 0 saturated heterocycles. The molecule has 0 N–H and O–H groups in total. The maximum absolute atomic E-state index is 2.32. The summed E-state index contributed by atoms with van der Waals surface area (Å²) in [5.41, 5.74) is 6.87. The number of hydrogen-bond acceptors (Lipinski definition) is 0. The van der Waals surface area contributed by atoms with Crippen LogP contribution >= 0.6 is 0 Å². The molecule has 7 aromatic carbocycles. The standard InChI is InChI=1S/C17H17.C13H10.C10H9.Zr/c1-3-12-5-7-16-14(9-12)11-15-10-13(4-2)6-8-17(15)16;1-3-7-12(8-4-1)11-13-9-5-2-6-10-13;1-8-6-7-9-4-2-3-5-10(8)9;/h5-11H,3-4H2,1-2H3;1-10H;2-7H,1H3;/q-1;;-1;+2. The Labute approximate surface area is 259 Å². The van der Waals surface area contributed by atoms with Crippen LogP contribution in [0, 0.1) is 6.92 Å². The first-order valence-electron chi connectivity index (χ1n) is 14.5. The Kier molecular flexibility index (Phi) is 9.71. The second-order valence-corrected chi connectivity index (χ2v) is 11.6. The van der Waals surface area contributed by atoms with Gasteiger partial charge in [-0.2, -0.15) is 11.6 Å². The van der Waals surface area contributed by atoms with Crippen LogP contribution in [0.15, 0.2) is 140 Å². The van der Waals surface area contributed by atoms with Crippen molar-refractivity contribution < 1.29 is 24.2 Å². The van der Waals surface area contributed by atoms with Crippen LogP contribution < -0.4 is 0 Å². The average Bonchev–Trinajstić information content (AvgIpc) is 3.61. The molecule has 0 atom stereocenters. The average molecular weight is 608 g/mol. The van der Waals surface area contributed by atoms with E-state index in [0.29, 0.717) is 0 Å². The first kappa shape index (κ1) is 28.8. The molecule has 0 bridgehead atoms. The number of aryl methyl sites for hydroxylation is 3. The van der Waals surface area contributed by atoms with Crippen molar-refractivity contribution >= 4 is 35.5 Å². The van der Waals surface area contributed by atoms with Crippen molar-refractivity contribution in [2.45, 2.75) is 33.6 Å². The van der Waals surface area contributed by atoms with Gasteiger partial charge in [-0.05, 0) is 12.8 Å². The summed E-state index contributed by atoms with van der Waals surface area (Å²) < 4.78 is 1.42. The third kappa shape index (κ3) is 6.98. The number of hydrogen-bond donors (Lipinski definition) is 0. The molecule has 0 amide bonds. The van der Waals surface area contributed by atoms with Gasteiger partial charge in [-0.25, -0.2) is 0 Å². The van der Waals surface area contributed by atoms with E-state index in [1.807, 2.05) is 0 Å². The molecule has 0 unspecified atom stereocenters. The Bertz CT molecular complexity index is 1770. The van der Waals surface area contributed by atoms with Gasteiger partial charge in [-0.3, -0.25) is 0 Å². The van der Waals surface area contributed by atoms with Gasteiger partial charge in [-0.1, -0.05) is 62.2 Å². The van der Waals surface area contributed by atoms with Gasteiger partial charge in [-0.15, -0.1) is 74.8 Å². The van der Waals surface area contributed by atoms with E-state index in [9.17, 15) is 0 Å². The molecule has 1 heteroatoms. The molecule has 0 aliphatic rings. The molecular formula is C40H36Zr. The van der Waals surface area contributed by atoms with Gasteiger partial charge < -0.3 is 0 Å². The molecule has 0 nitrogen and oxygen atoms in total. The molecule has 0 aromatic heterocycles. The summed E-state index contributed by atoms with van der Waals surface area (Å²) in [6.45, 7) is 6.56. The van der Waals surface area contributed by atoms with E-state index in [1.165, 1.54) is 87.6 Å². The summed E-state index contributed by atoms with van der Waals surface area (Å²) in [5, 5.41) is 8.27. The van der Waals surface area contributed by atoms with Crippen molar-refractivity contribution in [2.24, 2.45) is 0 Å². The normalized spacial score (nSPS) is 10.7. The minimum absolute atomic E-state index is 1.11. The van der Waals surface area contributed by atoms with Crippen LogP contribution in [0.3, 0.4) is 0 Å². The van der Waals surface area contributed by atoms with Crippen LogP contribution in [0.5, 0.6) is 0 Å². The van der Waals surface area contributed by atoms with E-state index in [0.717, 1.165) is 12.8 Å². The molecule has 0 heterocycles. The van der Waals surface area contributed by atoms with Gasteiger partial charge in [0.1, 0.15) is 0 Å². The summed E-state index contributed by atoms with van der Waals surface area (Å²) in [4.78, 5) is 0. The third-order valence-electron chi connectivity index (χ3n) is 7.67. The molecule has 7 aromatic rings. The Hall–Kier alpha value is -3.67. The zero-order valence-electron chi connectivity index (χ0n) is 24.2. The second-order valence-electron chi connectivity index (χ2n) is 10.4. The number of rotatable bonds is 4. The molecule has 200 valence electrons. The predicted octanol–water partition coefficient (Wildman–Crippen LogP) is 10.5. The molecule has 0 saturated carbocycles. The van der Waals surface area contributed by atoms with Gasteiger partial charge in [0.25, 0.3) is 0 Å². The van der Waals surface area contributed by atoms with E-state index in [4.69, 9.17) is 0 Å². The van der Waals surface area contributed by atoms with Crippen LogP contribution in [0.2, 0.25) is 0 Å². The van der Waals surface area contributed by atoms with Crippen LogP contribution in [-0.2, 0) is 37.1 Å². The van der Waals surface area contributed by atoms with Crippen molar-refractivity contribution in [3.8, 4) is 0 Å².